The number of carbonyl (C=O) groups excluding carboxylic acids is 1. The fraction of sp³-hybridized carbons (Fsp3) is 0.0714. The van der Waals surface area contributed by atoms with Gasteiger partial charge in [-0.2, -0.15) is 5.10 Å². The van der Waals surface area contributed by atoms with Crippen LogP contribution in [0.4, 0.5) is 0 Å². The normalized spacial score (nSPS) is 10.7. The van der Waals surface area contributed by atoms with E-state index in [0.717, 1.165) is 26.9 Å². The van der Waals surface area contributed by atoms with Gasteiger partial charge in [0.25, 0.3) is 5.91 Å². The molecule has 0 bridgehead atoms. The summed E-state index contributed by atoms with van der Waals surface area (Å²) >= 11 is 3.47. The fourth-order valence-corrected chi connectivity index (χ4v) is 3.67. The Balaban J connectivity index is 1.34. The van der Waals surface area contributed by atoms with E-state index in [1.165, 1.54) is 0 Å². The first-order chi connectivity index (χ1) is 16.7. The Kier molecular flexibility index (Phi) is 8.08. The Morgan fingerprint density at radius 3 is 2.38 bits per heavy atom. The summed E-state index contributed by atoms with van der Waals surface area (Å²) in [6, 6.07) is 32.4. The summed E-state index contributed by atoms with van der Waals surface area (Å²) in [5.74, 6) is 0.874. The van der Waals surface area contributed by atoms with Crippen LogP contribution in [0.25, 0.3) is 0 Å². The van der Waals surface area contributed by atoms with E-state index >= 15 is 0 Å². The molecular weight excluding hydrogens is 492 g/mol. The van der Waals surface area contributed by atoms with Crippen LogP contribution >= 0.6 is 15.9 Å². The van der Waals surface area contributed by atoms with Crippen molar-refractivity contribution in [3.8, 4) is 11.5 Å². The van der Waals surface area contributed by atoms with Gasteiger partial charge in [-0.3, -0.25) is 4.79 Å². The summed E-state index contributed by atoms with van der Waals surface area (Å²) in [4.78, 5) is 12.7. The van der Waals surface area contributed by atoms with Crippen LogP contribution in [0.1, 0.15) is 27.0 Å². The van der Waals surface area contributed by atoms with Gasteiger partial charge in [0, 0.05) is 4.47 Å². The quantitative estimate of drug-likeness (QED) is 0.208. The van der Waals surface area contributed by atoms with Gasteiger partial charge in [-0.05, 0) is 53.1 Å². The van der Waals surface area contributed by atoms with Gasteiger partial charge in [0.2, 0.25) is 0 Å². The second-order valence-electron chi connectivity index (χ2n) is 7.46. The zero-order valence-electron chi connectivity index (χ0n) is 18.4. The number of nitrogens with one attached hydrogen (secondary N) is 1. The number of hydrogen-bond donors (Lipinski definition) is 1. The molecule has 170 valence electrons. The molecule has 0 fully saturated rings. The molecule has 1 N–H and O–H groups in total. The van der Waals surface area contributed by atoms with Gasteiger partial charge in [0.05, 0.1) is 11.8 Å². The number of amides is 1. The first-order valence-corrected chi connectivity index (χ1v) is 11.5. The molecule has 0 radical (unpaired) electrons. The van der Waals surface area contributed by atoms with Gasteiger partial charge in [-0.15, -0.1) is 0 Å². The molecule has 4 aromatic carbocycles. The van der Waals surface area contributed by atoms with E-state index in [0.29, 0.717) is 24.5 Å². The maximum Gasteiger partial charge on any atom is 0.275 e. The summed E-state index contributed by atoms with van der Waals surface area (Å²) in [5, 5.41) is 4.11. The third kappa shape index (κ3) is 6.80. The van der Waals surface area contributed by atoms with Crippen molar-refractivity contribution >= 4 is 28.1 Å². The fourth-order valence-electron chi connectivity index (χ4n) is 3.22. The molecular formula is C28H23BrN2O3. The highest BCUT2D eigenvalue weighted by molar-refractivity contribution is 9.10. The maximum atomic E-state index is 12.7. The van der Waals surface area contributed by atoms with Crippen LogP contribution in [0.2, 0.25) is 0 Å². The molecule has 0 aromatic heterocycles. The molecule has 1 amide bonds. The van der Waals surface area contributed by atoms with Gasteiger partial charge in [0.1, 0.15) is 24.7 Å². The predicted octanol–water partition coefficient (Wildman–Crippen LogP) is 6.37. The zero-order valence-corrected chi connectivity index (χ0v) is 19.9. The number of benzene rings is 4. The Hall–Kier alpha value is -3.90. The predicted molar refractivity (Wildman–Crippen MR) is 137 cm³/mol. The lowest BCUT2D eigenvalue weighted by molar-refractivity contribution is 0.0950. The van der Waals surface area contributed by atoms with E-state index in [1.54, 1.807) is 24.4 Å². The zero-order chi connectivity index (χ0) is 23.6. The molecule has 6 heteroatoms. The summed E-state index contributed by atoms with van der Waals surface area (Å²) in [7, 11) is 0. The van der Waals surface area contributed by atoms with Crippen LogP contribution in [0, 0.1) is 0 Å². The largest absolute Gasteiger partial charge is 0.489 e. The number of hydrazone groups is 1. The smallest absolute Gasteiger partial charge is 0.275 e. The van der Waals surface area contributed by atoms with E-state index in [2.05, 4.69) is 26.5 Å². The molecule has 34 heavy (non-hydrogen) atoms. The van der Waals surface area contributed by atoms with Gasteiger partial charge < -0.3 is 9.47 Å². The highest BCUT2D eigenvalue weighted by Crippen LogP contribution is 2.20. The highest BCUT2D eigenvalue weighted by Gasteiger charge is 2.11. The van der Waals surface area contributed by atoms with Crippen molar-refractivity contribution in [1.82, 2.24) is 5.43 Å². The van der Waals surface area contributed by atoms with E-state index in [9.17, 15) is 4.79 Å². The molecule has 0 heterocycles. The van der Waals surface area contributed by atoms with E-state index < -0.39 is 0 Å². The third-order valence-corrected chi connectivity index (χ3v) is 5.39. The monoisotopic (exact) mass is 514 g/mol. The van der Waals surface area contributed by atoms with Gasteiger partial charge in [-0.1, -0.05) is 82.7 Å². The maximum absolute atomic E-state index is 12.7. The number of hydrogen-bond acceptors (Lipinski definition) is 4. The minimum absolute atomic E-state index is 0.345. The van der Waals surface area contributed by atoms with Crippen molar-refractivity contribution in [2.24, 2.45) is 5.10 Å². The number of carbonyl (C=O) groups is 1. The molecule has 0 aliphatic carbocycles. The Morgan fingerprint density at radius 1 is 0.794 bits per heavy atom. The summed E-state index contributed by atoms with van der Waals surface area (Å²) in [6.07, 6.45) is 1.58. The Morgan fingerprint density at radius 2 is 1.53 bits per heavy atom. The SMILES string of the molecule is O=C(NN=Cc1cccc(OCc2cccc(Br)c2)c1)c1ccccc1OCc1ccccc1. The van der Waals surface area contributed by atoms with Crippen molar-refractivity contribution in [1.29, 1.82) is 0 Å². The second kappa shape index (κ2) is 11.8. The van der Waals surface area contributed by atoms with Gasteiger partial charge in [-0.25, -0.2) is 5.43 Å². The topological polar surface area (TPSA) is 59.9 Å². The molecule has 4 rings (SSSR count). The van der Waals surface area contributed by atoms with Crippen LogP contribution in [-0.4, -0.2) is 12.1 Å². The van der Waals surface area contributed by atoms with Crippen LogP contribution in [0.15, 0.2) is 113 Å². The molecule has 0 aliphatic rings. The van der Waals surface area contributed by atoms with Gasteiger partial charge in [0.15, 0.2) is 0 Å². The minimum atomic E-state index is -0.345. The third-order valence-electron chi connectivity index (χ3n) is 4.90. The summed E-state index contributed by atoms with van der Waals surface area (Å²) < 4.78 is 12.8. The average Bonchev–Trinajstić information content (AvgIpc) is 2.87. The highest BCUT2D eigenvalue weighted by atomic mass is 79.9. The molecule has 0 unspecified atom stereocenters. The standard InChI is InChI=1S/C28H23BrN2O3/c29-24-12-6-11-23(16-24)20-33-25-13-7-10-22(17-25)18-30-31-28(32)26-14-4-5-15-27(26)34-19-21-8-2-1-3-9-21/h1-18H,19-20H2,(H,31,32). The van der Waals surface area contributed by atoms with E-state index in [4.69, 9.17) is 9.47 Å². The molecule has 5 nitrogen and oxygen atoms in total. The van der Waals surface area contributed by atoms with Crippen molar-refractivity contribution in [2.45, 2.75) is 13.2 Å². The Bertz CT molecular complexity index is 1280. The lowest BCUT2D eigenvalue weighted by Crippen LogP contribution is -2.18. The number of ether oxygens (including phenoxy) is 2. The first-order valence-electron chi connectivity index (χ1n) is 10.7. The number of nitrogens with zero attached hydrogens (tertiary/aromatic N) is 1. The minimum Gasteiger partial charge on any atom is -0.489 e. The molecule has 0 saturated heterocycles. The van der Waals surface area contributed by atoms with Crippen LogP contribution in [0.5, 0.6) is 11.5 Å². The Labute approximate surface area is 207 Å². The lowest BCUT2D eigenvalue weighted by Gasteiger charge is -2.10. The molecule has 0 atom stereocenters. The second-order valence-corrected chi connectivity index (χ2v) is 8.38. The molecule has 0 spiro atoms. The van der Waals surface area contributed by atoms with Crippen LogP contribution in [0.3, 0.4) is 0 Å². The lowest BCUT2D eigenvalue weighted by atomic mass is 10.2. The van der Waals surface area contributed by atoms with Crippen molar-refractivity contribution in [3.05, 3.63) is 130 Å². The molecule has 0 aliphatic heterocycles. The van der Waals surface area contributed by atoms with Crippen LogP contribution in [-0.2, 0) is 13.2 Å². The van der Waals surface area contributed by atoms with Crippen LogP contribution < -0.4 is 14.9 Å². The number of halogens is 1. The summed E-state index contributed by atoms with van der Waals surface area (Å²) in [5.41, 5.74) is 5.89. The van der Waals surface area contributed by atoms with E-state index in [-0.39, 0.29) is 5.91 Å². The first kappa shape index (κ1) is 23.3. The van der Waals surface area contributed by atoms with Crippen molar-refractivity contribution < 1.29 is 14.3 Å². The number of rotatable bonds is 9. The van der Waals surface area contributed by atoms with Gasteiger partial charge >= 0.3 is 0 Å². The van der Waals surface area contributed by atoms with Crippen molar-refractivity contribution in [2.75, 3.05) is 0 Å². The summed E-state index contributed by atoms with van der Waals surface area (Å²) in [6.45, 7) is 0.831. The molecule has 0 saturated carbocycles. The van der Waals surface area contributed by atoms with E-state index in [1.807, 2.05) is 84.9 Å². The van der Waals surface area contributed by atoms with Crippen molar-refractivity contribution in [3.63, 3.8) is 0 Å². The number of para-hydroxylation sites is 1. The average molecular weight is 515 g/mol. The molecule has 4 aromatic rings.